The molecule has 0 aliphatic rings. The molecule has 0 radical (unpaired) electrons. The lowest BCUT2D eigenvalue weighted by Crippen LogP contribution is -2.31. The first-order valence-corrected chi connectivity index (χ1v) is 7.37. The van der Waals surface area contributed by atoms with Crippen LogP contribution in [-0.4, -0.2) is 37.9 Å². The Kier molecular flexibility index (Phi) is 6.22. The van der Waals surface area contributed by atoms with Crippen LogP contribution in [0.4, 0.5) is 4.39 Å². The summed E-state index contributed by atoms with van der Waals surface area (Å²) >= 11 is 0. The average Bonchev–Trinajstić information content (AvgIpc) is 2.64. The van der Waals surface area contributed by atoms with Gasteiger partial charge in [-0.15, -0.1) is 0 Å². The number of halogens is 1. The Morgan fingerprint density at radius 1 is 1.04 bits per heavy atom. The molecule has 25 heavy (non-hydrogen) atoms. The summed E-state index contributed by atoms with van der Waals surface area (Å²) in [5, 5.41) is 2.37. The summed E-state index contributed by atoms with van der Waals surface area (Å²) in [6, 6.07) is 11.7. The van der Waals surface area contributed by atoms with E-state index in [4.69, 9.17) is 9.47 Å². The number of Topliss-reactive ketones (excluding diaryl/α,β-unsaturated/α-hetero) is 1. The van der Waals surface area contributed by atoms with Crippen molar-refractivity contribution in [3.8, 4) is 5.75 Å². The molecule has 6 nitrogen and oxygen atoms in total. The summed E-state index contributed by atoms with van der Waals surface area (Å²) in [6.45, 7) is -1.01. The second-order valence-electron chi connectivity index (χ2n) is 4.97. The molecular formula is C18H16FNO5. The van der Waals surface area contributed by atoms with E-state index in [2.05, 4.69) is 5.32 Å². The predicted molar refractivity (Wildman–Crippen MR) is 87.0 cm³/mol. The molecule has 130 valence electrons. The molecule has 2 aromatic carbocycles. The molecule has 0 bridgehead atoms. The van der Waals surface area contributed by atoms with Gasteiger partial charge < -0.3 is 14.8 Å². The van der Waals surface area contributed by atoms with Crippen LogP contribution in [-0.2, 0) is 9.53 Å². The highest BCUT2D eigenvalue weighted by Crippen LogP contribution is 2.11. The average molecular weight is 345 g/mol. The standard InChI is InChI=1S/C18H16FNO5/c1-24-13-8-6-12(7-9-13)18(23)20-10-17(22)25-11-16(21)14-4-2-3-5-15(14)19/h2-9H,10-11H2,1H3,(H,20,23). The lowest BCUT2D eigenvalue weighted by Gasteiger charge is -2.07. The minimum absolute atomic E-state index is 0.155. The third-order valence-corrected chi connectivity index (χ3v) is 3.28. The first-order valence-electron chi connectivity index (χ1n) is 7.37. The van der Waals surface area contributed by atoms with E-state index in [0.29, 0.717) is 11.3 Å². The van der Waals surface area contributed by atoms with Gasteiger partial charge in [0.25, 0.3) is 5.91 Å². The molecule has 0 spiro atoms. The van der Waals surface area contributed by atoms with Crippen LogP contribution in [0.2, 0.25) is 0 Å². The van der Waals surface area contributed by atoms with Crippen molar-refractivity contribution in [3.05, 3.63) is 65.5 Å². The van der Waals surface area contributed by atoms with Crippen molar-refractivity contribution in [1.82, 2.24) is 5.32 Å². The normalized spacial score (nSPS) is 10.0. The number of rotatable bonds is 7. The minimum atomic E-state index is -0.799. The highest BCUT2D eigenvalue weighted by molar-refractivity contribution is 5.99. The molecule has 0 atom stereocenters. The Morgan fingerprint density at radius 3 is 2.36 bits per heavy atom. The number of esters is 1. The van der Waals surface area contributed by atoms with Gasteiger partial charge in [-0.05, 0) is 36.4 Å². The lowest BCUT2D eigenvalue weighted by molar-refractivity contribution is -0.141. The van der Waals surface area contributed by atoms with Gasteiger partial charge in [0.15, 0.2) is 6.61 Å². The van der Waals surface area contributed by atoms with Crippen molar-refractivity contribution in [2.45, 2.75) is 0 Å². The number of benzene rings is 2. The van der Waals surface area contributed by atoms with E-state index < -0.39 is 36.6 Å². The SMILES string of the molecule is COc1ccc(C(=O)NCC(=O)OCC(=O)c2ccccc2F)cc1. The fourth-order valence-electron chi connectivity index (χ4n) is 1.96. The molecule has 0 saturated heterocycles. The molecule has 0 heterocycles. The van der Waals surface area contributed by atoms with Gasteiger partial charge in [0.1, 0.15) is 18.1 Å². The zero-order valence-corrected chi connectivity index (χ0v) is 13.5. The van der Waals surface area contributed by atoms with Crippen molar-refractivity contribution in [1.29, 1.82) is 0 Å². The second kappa shape index (κ2) is 8.58. The van der Waals surface area contributed by atoms with Crippen LogP contribution in [0.1, 0.15) is 20.7 Å². The number of carbonyl (C=O) groups excluding carboxylic acids is 3. The molecule has 0 saturated carbocycles. The maximum absolute atomic E-state index is 13.4. The molecule has 2 aromatic rings. The highest BCUT2D eigenvalue weighted by Gasteiger charge is 2.14. The number of hydrogen-bond donors (Lipinski definition) is 1. The first kappa shape index (κ1) is 18.1. The first-order chi connectivity index (χ1) is 12.0. The molecule has 2 rings (SSSR count). The van der Waals surface area contributed by atoms with Crippen molar-refractivity contribution < 1.29 is 28.2 Å². The van der Waals surface area contributed by atoms with E-state index >= 15 is 0 Å². The van der Waals surface area contributed by atoms with Crippen LogP contribution in [0.3, 0.4) is 0 Å². The molecule has 1 N–H and O–H groups in total. The van der Waals surface area contributed by atoms with Crippen molar-refractivity contribution in [2.24, 2.45) is 0 Å². The Hall–Kier alpha value is -3.22. The summed E-state index contributed by atoms with van der Waals surface area (Å²) in [4.78, 5) is 35.2. The van der Waals surface area contributed by atoms with Crippen LogP contribution >= 0.6 is 0 Å². The summed E-state index contributed by atoms with van der Waals surface area (Å²) in [5.74, 6) is -2.02. The maximum atomic E-state index is 13.4. The number of carbonyl (C=O) groups is 3. The number of ether oxygens (including phenoxy) is 2. The predicted octanol–water partition coefficient (Wildman–Crippen LogP) is 1.99. The monoisotopic (exact) mass is 345 g/mol. The molecule has 0 fully saturated rings. The third kappa shape index (κ3) is 5.13. The Bertz CT molecular complexity index is 773. The summed E-state index contributed by atoms with van der Waals surface area (Å²) < 4.78 is 23.2. The van der Waals surface area contributed by atoms with E-state index in [0.717, 1.165) is 6.07 Å². The van der Waals surface area contributed by atoms with E-state index in [1.165, 1.54) is 25.3 Å². The van der Waals surface area contributed by atoms with Crippen molar-refractivity contribution in [3.63, 3.8) is 0 Å². The van der Waals surface area contributed by atoms with E-state index in [9.17, 15) is 18.8 Å². The summed E-state index contributed by atoms with van der Waals surface area (Å²) in [5.41, 5.74) is 0.189. The van der Waals surface area contributed by atoms with Gasteiger partial charge in [-0.1, -0.05) is 12.1 Å². The van der Waals surface area contributed by atoms with Gasteiger partial charge >= 0.3 is 5.97 Å². The van der Waals surface area contributed by atoms with Crippen LogP contribution in [0.5, 0.6) is 5.75 Å². The van der Waals surface area contributed by atoms with Crippen LogP contribution in [0, 0.1) is 5.82 Å². The van der Waals surface area contributed by atoms with Gasteiger partial charge in [-0.25, -0.2) is 4.39 Å². The molecule has 0 aliphatic carbocycles. The Morgan fingerprint density at radius 2 is 1.72 bits per heavy atom. The van der Waals surface area contributed by atoms with Gasteiger partial charge in [-0.2, -0.15) is 0 Å². The smallest absolute Gasteiger partial charge is 0.325 e. The largest absolute Gasteiger partial charge is 0.497 e. The molecule has 0 aliphatic heterocycles. The number of nitrogens with one attached hydrogen (secondary N) is 1. The Balaban J connectivity index is 1.79. The zero-order valence-electron chi connectivity index (χ0n) is 13.5. The topological polar surface area (TPSA) is 81.7 Å². The number of ketones is 1. The van der Waals surface area contributed by atoms with Gasteiger partial charge in [0.05, 0.1) is 12.7 Å². The molecule has 0 unspecified atom stereocenters. The van der Waals surface area contributed by atoms with Crippen LogP contribution in [0.25, 0.3) is 0 Å². The van der Waals surface area contributed by atoms with Crippen LogP contribution in [0.15, 0.2) is 48.5 Å². The van der Waals surface area contributed by atoms with Gasteiger partial charge in [0, 0.05) is 5.56 Å². The molecule has 1 amide bonds. The molecule has 0 aromatic heterocycles. The fourth-order valence-corrected chi connectivity index (χ4v) is 1.96. The van der Waals surface area contributed by atoms with E-state index in [1.807, 2.05) is 0 Å². The number of hydrogen-bond acceptors (Lipinski definition) is 5. The third-order valence-electron chi connectivity index (χ3n) is 3.28. The van der Waals surface area contributed by atoms with Gasteiger partial charge in [-0.3, -0.25) is 14.4 Å². The molecule has 7 heteroatoms. The van der Waals surface area contributed by atoms with Crippen molar-refractivity contribution >= 4 is 17.7 Å². The highest BCUT2D eigenvalue weighted by atomic mass is 19.1. The molecular weight excluding hydrogens is 329 g/mol. The number of methoxy groups -OCH3 is 1. The van der Waals surface area contributed by atoms with Crippen LogP contribution < -0.4 is 10.1 Å². The van der Waals surface area contributed by atoms with Gasteiger partial charge in [0.2, 0.25) is 5.78 Å². The summed E-state index contributed by atoms with van der Waals surface area (Å²) in [6.07, 6.45) is 0. The number of amides is 1. The second-order valence-corrected chi connectivity index (χ2v) is 4.97. The quantitative estimate of drug-likeness (QED) is 0.613. The zero-order chi connectivity index (χ0) is 18.2. The van der Waals surface area contributed by atoms with E-state index in [-0.39, 0.29) is 5.56 Å². The Labute approximate surface area is 143 Å². The fraction of sp³-hybridized carbons (Fsp3) is 0.167. The van der Waals surface area contributed by atoms with Crippen molar-refractivity contribution in [2.75, 3.05) is 20.3 Å². The lowest BCUT2D eigenvalue weighted by atomic mass is 10.1. The van der Waals surface area contributed by atoms with E-state index in [1.54, 1.807) is 24.3 Å². The summed E-state index contributed by atoms with van der Waals surface area (Å²) in [7, 11) is 1.51. The maximum Gasteiger partial charge on any atom is 0.325 e. The minimum Gasteiger partial charge on any atom is -0.497 e.